The summed E-state index contributed by atoms with van der Waals surface area (Å²) in [7, 11) is -3.54. The highest BCUT2D eigenvalue weighted by molar-refractivity contribution is 14.1. The first kappa shape index (κ1) is 22.7. The van der Waals surface area contributed by atoms with E-state index in [0.29, 0.717) is 23.2 Å². The average molecular weight is 531 g/mol. The van der Waals surface area contributed by atoms with E-state index in [1.165, 1.54) is 6.42 Å². The number of sulfonamides is 1. The lowest BCUT2D eigenvalue weighted by atomic mass is 9.44. The molecule has 0 amide bonds. The highest BCUT2D eigenvalue weighted by Gasteiger charge is 2.57. The molecule has 1 aromatic carbocycles. The molecule has 2 bridgehead atoms. The van der Waals surface area contributed by atoms with Gasteiger partial charge in [-0.1, -0.05) is 26.0 Å². The maximum absolute atomic E-state index is 12.9. The summed E-state index contributed by atoms with van der Waals surface area (Å²) < 4.78 is 29.9. The molecule has 3 aliphatic carbocycles. The Hall–Kier alpha value is -0.930. The Morgan fingerprint density at radius 2 is 1.93 bits per heavy atom. The van der Waals surface area contributed by atoms with Gasteiger partial charge in [0.15, 0.2) is 0 Å². The van der Waals surface area contributed by atoms with Crippen molar-refractivity contribution in [3.8, 4) is 0 Å². The van der Waals surface area contributed by atoms with Gasteiger partial charge in [0.2, 0.25) is 10.0 Å². The Bertz CT molecular complexity index is 863. The van der Waals surface area contributed by atoms with Gasteiger partial charge in [0.05, 0.1) is 4.90 Å². The number of fused-ring (bicyclic) bond motifs is 2. The third kappa shape index (κ3) is 5.22. The molecule has 3 saturated carbocycles. The van der Waals surface area contributed by atoms with Crippen LogP contribution < -0.4 is 4.72 Å². The number of hydrogen-bond acceptors (Lipinski definition) is 3. The van der Waals surface area contributed by atoms with Crippen molar-refractivity contribution in [3.05, 3.63) is 40.0 Å². The van der Waals surface area contributed by atoms with E-state index in [1.54, 1.807) is 12.1 Å². The summed E-state index contributed by atoms with van der Waals surface area (Å²) in [5.41, 5.74) is 0.257. The SMILES string of the molecule is CC1(C)[C@H]2C[C@H](NS(=O)(=O)c3ccc(I)cc3)[C@@H](CC=CCCCC(=O)O)[C@H]1C2. The van der Waals surface area contributed by atoms with Gasteiger partial charge in [0, 0.05) is 16.0 Å². The van der Waals surface area contributed by atoms with Crippen molar-refractivity contribution < 1.29 is 18.3 Å². The van der Waals surface area contributed by atoms with E-state index in [-0.39, 0.29) is 23.8 Å². The largest absolute Gasteiger partial charge is 0.481 e. The van der Waals surface area contributed by atoms with E-state index in [9.17, 15) is 13.2 Å². The van der Waals surface area contributed by atoms with Crippen LogP contribution in [0.4, 0.5) is 0 Å². The molecule has 0 spiro atoms. The standard InChI is InChI=1S/C22H30INO4S/c1-22(2)15-13-19(22)18(7-5-3-4-6-8-21(25)26)20(14-15)24-29(27,28)17-11-9-16(23)10-12-17/h3,5,9-12,15,18-20,24H,4,6-8,13-14H2,1-2H3,(H,25,26)/t15-,18+,19-,20+/m1/s1. The number of carboxylic acids is 1. The predicted molar refractivity (Wildman–Crippen MR) is 122 cm³/mol. The summed E-state index contributed by atoms with van der Waals surface area (Å²) in [6.07, 6.45) is 8.61. The molecule has 2 N–H and O–H groups in total. The van der Waals surface area contributed by atoms with Crippen LogP contribution in [0.5, 0.6) is 0 Å². The van der Waals surface area contributed by atoms with Crippen LogP contribution in [0.1, 0.15) is 52.4 Å². The second-order valence-corrected chi connectivity index (χ2v) is 11.9. The number of hydrogen-bond donors (Lipinski definition) is 2. The molecule has 1 aromatic rings. The number of rotatable bonds is 9. The van der Waals surface area contributed by atoms with E-state index >= 15 is 0 Å². The topological polar surface area (TPSA) is 83.5 Å². The van der Waals surface area contributed by atoms with Crippen LogP contribution in [0.3, 0.4) is 0 Å². The molecule has 0 saturated heterocycles. The first-order valence-electron chi connectivity index (χ1n) is 10.3. The van der Waals surface area contributed by atoms with Crippen molar-refractivity contribution in [2.75, 3.05) is 0 Å². The smallest absolute Gasteiger partial charge is 0.303 e. The van der Waals surface area contributed by atoms with E-state index in [2.05, 4.69) is 47.2 Å². The number of benzene rings is 1. The Kier molecular flexibility index (Phi) is 7.10. The zero-order valence-electron chi connectivity index (χ0n) is 17.0. The van der Waals surface area contributed by atoms with Crippen molar-refractivity contribution in [2.45, 2.75) is 63.3 Å². The lowest BCUT2D eigenvalue weighted by molar-refractivity contribution is -0.137. The molecule has 3 aliphatic rings. The Labute approximate surface area is 187 Å². The van der Waals surface area contributed by atoms with E-state index in [4.69, 9.17) is 5.11 Å². The number of allylic oxidation sites excluding steroid dienone is 2. The van der Waals surface area contributed by atoms with E-state index in [1.807, 2.05) is 18.2 Å². The van der Waals surface area contributed by atoms with Gasteiger partial charge in [-0.3, -0.25) is 4.79 Å². The second kappa shape index (κ2) is 9.06. The van der Waals surface area contributed by atoms with Gasteiger partial charge in [0.1, 0.15) is 0 Å². The maximum atomic E-state index is 12.9. The Balaban J connectivity index is 1.68. The Morgan fingerprint density at radius 1 is 1.24 bits per heavy atom. The first-order chi connectivity index (χ1) is 13.6. The van der Waals surface area contributed by atoms with Crippen LogP contribution in [0.25, 0.3) is 0 Å². The lowest BCUT2D eigenvalue weighted by Crippen LogP contribution is -2.61. The molecular weight excluding hydrogens is 501 g/mol. The highest BCUT2D eigenvalue weighted by Crippen LogP contribution is 2.62. The van der Waals surface area contributed by atoms with Crippen molar-refractivity contribution >= 4 is 38.6 Å². The highest BCUT2D eigenvalue weighted by atomic mass is 127. The summed E-state index contributed by atoms with van der Waals surface area (Å²) in [6.45, 7) is 4.61. The van der Waals surface area contributed by atoms with Crippen molar-refractivity contribution in [2.24, 2.45) is 23.2 Å². The minimum absolute atomic E-state index is 0.0558. The number of carboxylic acid groups (broad SMARTS) is 1. The summed E-state index contributed by atoms with van der Waals surface area (Å²) >= 11 is 2.17. The van der Waals surface area contributed by atoms with Crippen molar-refractivity contribution in [1.82, 2.24) is 4.72 Å². The molecule has 0 aromatic heterocycles. The second-order valence-electron chi connectivity index (χ2n) is 8.93. The summed E-state index contributed by atoms with van der Waals surface area (Å²) in [6, 6.07) is 6.89. The Morgan fingerprint density at radius 3 is 2.55 bits per heavy atom. The minimum atomic E-state index is -3.54. The molecular formula is C22H30INO4S. The van der Waals surface area contributed by atoms with Gasteiger partial charge in [-0.25, -0.2) is 13.1 Å². The fourth-order valence-electron chi connectivity index (χ4n) is 5.03. The quantitative estimate of drug-likeness (QED) is 0.272. The van der Waals surface area contributed by atoms with Gasteiger partial charge < -0.3 is 5.11 Å². The van der Waals surface area contributed by atoms with Gasteiger partial charge in [-0.05, 0) is 102 Å². The fraction of sp³-hybridized carbons (Fsp3) is 0.591. The number of halogens is 1. The number of unbranched alkanes of at least 4 members (excludes halogenated alkanes) is 1. The molecule has 0 unspecified atom stereocenters. The molecule has 5 nitrogen and oxygen atoms in total. The molecule has 160 valence electrons. The fourth-order valence-corrected chi connectivity index (χ4v) is 6.69. The molecule has 0 radical (unpaired) electrons. The monoisotopic (exact) mass is 531 g/mol. The summed E-state index contributed by atoms with van der Waals surface area (Å²) in [5, 5.41) is 8.73. The van der Waals surface area contributed by atoms with E-state index in [0.717, 1.165) is 22.8 Å². The van der Waals surface area contributed by atoms with Crippen molar-refractivity contribution in [1.29, 1.82) is 0 Å². The molecule has 4 atom stereocenters. The summed E-state index contributed by atoms with van der Waals surface area (Å²) in [4.78, 5) is 10.9. The third-order valence-corrected chi connectivity index (χ3v) is 9.11. The van der Waals surface area contributed by atoms with Gasteiger partial charge >= 0.3 is 5.97 Å². The minimum Gasteiger partial charge on any atom is -0.481 e. The normalized spacial score (nSPS) is 28.2. The number of nitrogens with one attached hydrogen (secondary N) is 1. The van der Waals surface area contributed by atoms with Crippen LogP contribution in [-0.2, 0) is 14.8 Å². The van der Waals surface area contributed by atoms with Crippen LogP contribution in [0.15, 0.2) is 41.3 Å². The zero-order valence-corrected chi connectivity index (χ0v) is 19.9. The molecule has 7 heteroatoms. The molecule has 3 fully saturated rings. The molecule has 0 heterocycles. The van der Waals surface area contributed by atoms with Gasteiger partial charge in [-0.2, -0.15) is 0 Å². The van der Waals surface area contributed by atoms with Crippen LogP contribution in [-0.4, -0.2) is 25.5 Å². The molecule has 4 rings (SSSR count). The van der Waals surface area contributed by atoms with Gasteiger partial charge in [0.25, 0.3) is 0 Å². The van der Waals surface area contributed by atoms with Crippen LogP contribution in [0.2, 0.25) is 0 Å². The lowest BCUT2D eigenvalue weighted by Gasteiger charge is -2.62. The summed E-state index contributed by atoms with van der Waals surface area (Å²) in [5.74, 6) is 0.574. The maximum Gasteiger partial charge on any atom is 0.303 e. The first-order valence-corrected chi connectivity index (χ1v) is 12.8. The van der Waals surface area contributed by atoms with Crippen LogP contribution in [0, 0.1) is 26.7 Å². The van der Waals surface area contributed by atoms with Gasteiger partial charge in [-0.15, -0.1) is 0 Å². The van der Waals surface area contributed by atoms with Crippen LogP contribution >= 0.6 is 22.6 Å². The van der Waals surface area contributed by atoms with Crippen molar-refractivity contribution in [3.63, 3.8) is 0 Å². The zero-order chi connectivity index (χ0) is 21.2. The number of aliphatic carboxylic acids is 1. The average Bonchev–Trinajstić information content (AvgIpc) is 2.64. The molecule has 0 aliphatic heterocycles. The third-order valence-electron chi connectivity index (χ3n) is 6.89. The molecule has 29 heavy (non-hydrogen) atoms. The predicted octanol–water partition coefficient (Wildman–Crippen LogP) is 4.82. The number of carbonyl (C=O) groups is 1. The van der Waals surface area contributed by atoms with E-state index < -0.39 is 16.0 Å².